The summed E-state index contributed by atoms with van der Waals surface area (Å²) in [5.74, 6) is 0.124. The van der Waals surface area contributed by atoms with Crippen LogP contribution in [0.1, 0.15) is 24.5 Å². The highest BCUT2D eigenvalue weighted by Crippen LogP contribution is 2.38. The maximum Gasteiger partial charge on any atom is 0.265 e. The lowest BCUT2D eigenvalue weighted by molar-refractivity contribution is -0.140. The van der Waals surface area contributed by atoms with Crippen LogP contribution < -0.4 is 28.6 Å². The summed E-state index contributed by atoms with van der Waals surface area (Å²) in [5.41, 5.74) is 1.83. The van der Waals surface area contributed by atoms with Crippen molar-refractivity contribution in [1.29, 1.82) is 0 Å². The number of hydrogen-bond acceptors (Lipinski definition) is 8. The average molecular weight is 614 g/mol. The summed E-state index contributed by atoms with van der Waals surface area (Å²) in [6.07, 6.45) is 0.308. The number of rotatable bonds is 14. The second-order valence-corrected chi connectivity index (χ2v) is 11.4. The fourth-order valence-electron chi connectivity index (χ4n) is 4.67. The normalized spacial score (nSPS) is 11.7. The molecule has 0 bridgehead atoms. The van der Waals surface area contributed by atoms with Crippen LogP contribution in [0, 0.1) is 6.92 Å². The maximum absolute atomic E-state index is 14.4. The van der Waals surface area contributed by atoms with E-state index in [2.05, 4.69) is 5.32 Å². The van der Waals surface area contributed by atoms with E-state index in [1.54, 1.807) is 19.1 Å². The first-order chi connectivity index (χ1) is 20.6. The monoisotopic (exact) mass is 613 g/mol. The van der Waals surface area contributed by atoms with Gasteiger partial charge in [-0.25, -0.2) is 8.42 Å². The topological polar surface area (TPSA) is 124 Å². The van der Waals surface area contributed by atoms with Gasteiger partial charge >= 0.3 is 0 Å². The van der Waals surface area contributed by atoms with Gasteiger partial charge in [0.2, 0.25) is 11.8 Å². The Labute approximate surface area is 253 Å². The van der Waals surface area contributed by atoms with Gasteiger partial charge in [-0.15, -0.1) is 0 Å². The lowest BCUT2D eigenvalue weighted by atomic mass is 10.1. The van der Waals surface area contributed by atoms with E-state index in [-0.39, 0.29) is 34.5 Å². The number of benzene rings is 3. The quantitative estimate of drug-likeness (QED) is 0.292. The molecule has 0 aliphatic heterocycles. The molecule has 0 fully saturated rings. The summed E-state index contributed by atoms with van der Waals surface area (Å²) >= 11 is 0. The number of anilines is 1. The fraction of sp³-hybridized carbons (Fsp3) is 0.355. The fourth-order valence-corrected chi connectivity index (χ4v) is 6.10. The van der Waals surface area contributed by atoms with E-state index in [1.807, 2.05) is 31.2 Å². The van der Waals surface area contributed by atoms with Crippen molar-refractivity contribution in [2.45, 2.75) is 37.8 Å². The molecule has 0 unspecified atom stereocenters. The zero-order valence-electron chi connectivity index (χ0n) is 25.5. The Balaban J connectivity index is 2.21. The van der Waals surface area contributed by atoms with E-state index in [9.17, 15) is 18.0 Å². The van der Waals surface area contributed by atoms with Gasteiger partial charge < -0.3 is 29.2 Å². The minimum atomic E-state index is -4.42. The van der Waals surface area contributed by atoms with E-state index in [4.69, 9.17) is 18.9 Å². The summed E-state index contributed by atoms with van der Waals surface area (Å²) < 4.78 is 51.2. The van der Waals surface area contributed by atoms with Crippen molar-refractivity contribution in [3.63, 3.8) is 0 Å². The first kappa shape index (κ1) is 33.1. The van der Waals surface area contributed by atoms with Crippen molar-refractivity contribution in [2.24, 2.45) is 0 Å². The molecule has 0 aliphatic rings. The number of methoxy groups -OCH3 is 4. The number of carbonyl (C=O) groups excluding carboxylic acids is 2. The molecular formula is C31H39N3O8S. The minimum Gasteiger partial charge on any atom is -0.497 e. The van der Waals surface area contributed by atoms with Crippen LogP contribution >= 0.6 is 0 Å². The van der Waals surface area contributed by atoms with E-state index in [0.29, 0.717) is 17.9 Å². The molecular weight excluding hydrogens is 574 g/mol. The molecule has 0 spiro atoms. The molecule has 0 heterocycles. The summed E-state index contributed by atoms with van der Waals surface area (Å²) in [6.45, 7) is 3.16. The molecule has 12 heteroatoms. The number of sulfonamides is 1. The SMILES string of the molecule is CC[C@H](C(=O)NC)N(Cc1ccccc1C)C(=O)CN(c1cc(OC)ccc1OC)S(=O)(=O)c1ccc(OC)c(OC)c1. The third-order valence-electron chi connectivity index (χ3n) is 7.11. The van der Waals surface area contributed by atoms with Crippen molar-refractivity contribution in [2.75, 3.05) is 46.3 Å². The average Bonchev–Trinajstić information content (AvgIpc) is 3.03. The van der Waals surface area contributed by atoms with Gasteiger partial charge in [0.15, 0.2) is 11.5 Å². The Hall–Kier alpha value is -4.45. The molecule has 0 aromatic heterocycles. The largest absolute Gasteiger partial charge is 0.497 e. The van der Waals surface area contributed by atoms with Crippen LogP contribution in [0.15, 0.2) is 65.6 Å². The number of likely N-dealkylation sites (N-methyl/N-ethyl adjacent to an activating group) is 1. The molecule has 0 aliphatic carbocycles. The molecule has 232 valence electrons. The Morgan fingerprint density at radius 3 is 2.09 bits per heavy atom. The maximum atomic E-state index is 14.4. The summed E-state index contributed by atoms with van der Waals surface area (Å²) in [5, 5.41) is 2.62. The molecule has 1 atom stereocenters. The van der Waals surface area contributed by atoms with Crippen molar-refractivity contribution in [3.8, 4) is 23.0 Å². The third-order valence-corrected chi connectivity index (χ3v) is 8.87. The first-order valence-corrected chi connectivity index (χ1v) is 15.0. The summed E-state index contributed by atoms with van der Waals surface area (Å²) in [7, 11) is 2.76. The predicted molar refractivity (Wildman–Crippen MR) is 163 cm³/mol. The van der Waals surface area contributed by atoms with Crippen molar-refractivity contribution in [1.82, 2.24) is 10.2 Å². The van der Waals surface area contributed by atoms with Gasteiger partial charge in [0.05, 0.1) is 39.0 Å². The highest BCUT2D eigenvalue weighted by Gasteiger charge is 2.35. The molecule has 2 amide bonds. The van der Waals surface area contributed by atoms with Gasteiger partial charge in [-0.3, -0.25) is 13.9 Å². The predicted octanol–water partition coefficient (Wildman–Crippen LogP) is 3.78. The highest BCUT2D eigenvalue weighted by molar-refractivity contribution is 7.92. The second kappa shape index (κ2) is 14.6. The lowest BCUT2D eigenvalue weighted by Crippen LogP contribution is -2.51. The second-order valence-electron chi connectivity index (χ2n) is 9.55. The van der Waals surface area contributed by atoms with E-state index >= 15 is 0 Å². The van der Waals surface area contributed by atoms with Gasteiger partial charge in [-0.2, -0.15) is 0 Å². The molecule has 1 N–H and O–H groups in total. The van der Waals surface area contributed by atoms with E-state index in [1.165, 1.54) is 64.7 Å². The molecule has 3 aromatic rings. The number of carbonyl (C=O) groups is 2. The van der Waals surface area contributed by atoms with Crippen LogP contribution in [-0.4, -0.2) is 73.2 Å². The zero-order chi connectivity index (χ0) is 31.7. The van der Waals surface area contributed by atoms with Crippen LogP contribution in [0.4, 0.5) is 5.69 Å². The smallest absolute Gasteiger partial charge is 0.265 e. The third kappa shape index (κ3) is 7.31. The Bertz CT molecular complexity index is 1540. The Morgan fingerprint density at radius 1 is 0.860 bits per heavy atom. The molecule has 0 radical (unpaired) electrons. The van der Waals surface area contributed by atoms with Gasteiger partial charge in [0.25, 0.3) is 10.0 Å². The van der Waals surface area contributed by atoms with Crippen molar-refractivity contribution < 1.29 is 37.0 Å². The molecule has 3 aromatic carbocycles. The number of amides is 2. The van der Waals surface area contributed by atoms with Crippen molar-refractivity contribution >= 4 is 27.5 Å². The van der Waals surface area contributed by atoms with Crippen LogP contribution in [0.3, 0.4) is 0 Å². The standard InChI is InChI=1S/C31H39N3O8S/c1-8-25(31(36)32-3)33(19-22-12-10-9-11-21(22)2)30(35)20-34(26-17-23(39-4)13-15-27(26)40-5)43(37,38)24-14-16-28(41-6)29(18-24)42-7/h9-18,25H,8,19-20H2,1-7H3,(H,32,36)/t25-/m1/s1. The van der Waals surface area contributed by atoms with Crippen LogP contribution in [0.5, 0.6) is 23.0 Å². The molecule has 0 saturated heterocycles. The molecule has 11 nitrogen and oxygen atoms in total. The van der Waals surface area contributed by atoms with Gasteiger partial charge in [0.1, 0.15) is 24.1 Å². The van der Waals surface area contributed by atoms with Crippen LogP contribution in [0.25, 0.3) is 0 Å². The zero-order valence-corrected chi connectivity index (χ0v) is 26.4. The van der Waals surface area contributed by atoms with Gasteiger partial charge in [-0.1, -0.05) is 31.2 Å². The molecule has 0 saturated carbocycles. The van der Waals surface area contributed by atoms with Gasteiger partial charge in [0, 0.05) is 25.7 Å². The van der Waals surface area contributed by atoms with Gasteiger partial charge in [-0.05, 0) is 48.7 Å². The number of ether oxygens (including phenoxy) is 4. The summed E-state index contributed by atoms with van der Waals surface area (Å²) in [6, 6.07) is 15.5. The molecule has 3 rings (SSSR count). The minimum absolute atomic E-state index is 0.0776. The number of aryl methyl sites for hydroxylation is 1. The summed E-state index contributed by atoms with van der Waals surface area (Å²) in [4.78, 5) is 28.5. The number of nitrogens with one attached hydrogen (secondary N) is 1. The molecule has 43 heavy (non-hydrogen) atoms. The number of nitrogens with zero attached hydrogens (tertiary/aromatic N) is 2. The van der Waals surface area contributed by atoms with Crippen molar-refractivity contribution in [3.05, 3.63) is 71.8 Å². The Morgan fingerprint density at radius 2 is 1.51 bits per heavy atom. The number of hydrogen-bond donors (Lipinski definition) is 1. The van der Waals surface area contributed by atoms with E-state index in [0.717, 1.165) is 15.4 Å². The van der Waals surface area contributed by atoms with Crippen LogP contribution in [0.2, 0.25) is 0 Å². The highest BCUT2D eigenvalue weighted by atomic mass is 32.2. The van der Waals surface area contributed by atoms with Crippen LogP contribution in [-0.2, 0) is 26.2 Å². The Kier molecular flexibility index (Phi) is 11.2. The van der Waals surface area contributed by atoms with E-state index < -0.39 is 28.5 Å². The lowest BCUT2D eigenvalue weighted by Gasteiger charge is -2.33. The first-order valence-electron chi connectivity index (χ1n) is 13.6.